The number of hydrogen-bond acceptors (Lipinski definition) is 3. The first-order valence-electron chi connectivity index (χ1n) is 6.51. The van der Waals surface area contributed by atoms with E-state index in [0.29, 0.717) is 21.8 Å². The minimum atomic E-state index is 0.496. The van der Waals surface area contributed by atoms with Gasteiger partial charge in [-0.2, -0.15) is 0 Å². The number of benzene rings is 1. The molecule has 1 aromatic carbocycles. The van der Waals surface area contributed by atoms with Crippen molar-refractivity contribution in [1.82, 2.24) is 10.3 Å². The number of ether oxygens (including phenoxy) is 1. The molecule has 3 nitrogen and oxygen atoms in total. The lowest BCUT2D eigenvalue weighted by Crippen LogP contribution is -2.15. The molecule has 0 amide bonds. The van der Waals surface area contributed by atoms with Gasteiger partial charge in [0.05, 0.1) is 5.02 Å². The molecule has 3 rings (SSSR count). The van der Waals surface area contributed by atoms with Crippen LogP contribution in [0.5, 0.6) is 11.5 Å². The smallest absolute Gasteiger partial charge is 0.146 e. The summed E-state index contributed by atoms with van der Waals surface area (Å²) in [4.78, 5) is 4.15. The number of halogens is 2. The average Bonchev–Trinajstić information content (AvgIpc) is 3.25. The molecule has 1 aliphatic rings. The Labute approximate surface area is 127 Å². The van der Waals surface area contributed by atoms with Crippen LogP contribution in [0, 0.1) is 0 Å². The van der Waals surface area contributed by atoms with E-state index in [-0.39, 0.29) is 0 Å². The van der Waals surface area contributed by atoms with Crippen LogP contribution in [0.15, 0.2) is 36.7 Å². The summed E-state index contributed by atoms with van der Waals surface area (Å²) in [7, 11) is 0. The maximum absolute atomic E-state index is 6.13. The molecule has 1 N–H and O–H groups in total. The second kappa shape index (κ2) is 6.00. The summed E-state index contributed by atoms with van der Waals surface area (Å²) in [5, 5.41) is 4.53. The summed E-state index contributed by atoms with van der Waals surface area (Å²) in [5.41, 5.74) is 1.02. The van der Waals surface area contributed by atoms with Gasteiger partial charge < -0.3 is 10.1 Å². The predicted molar refractivity (Wildman–Crippen MR) is 80.6 cm³/mol. The van der Waals surface area contributed by atoms with E-state index in [4.69, 9.17) is 27.9 Å². The third-order valence-corrected chi connectivity index (χ3v) is 3.66. The molecule has 104 valence electrons. The summed E-state index contributed by atoms with van der Waals surface area (Å²) >= 11 is 12.0. The number of nitrogens with zero attached hydrogens (tertiary/aromatic N) is 1. The highest BCUT2D eigenvalue weighted by Crippen LogP contribution is 2.33. The summed E-state index contributed by atoms with van der Waals surface area (Å²) in [6.45, 7) is 0.749. The fourth-order valence-corrected chi connectivity index (χ4v) is 2.31. The number of hydrogen-bond donors (Lipinski definition) is 1. The lowest BCUT2D eigenvalue weighted by atomic mass is 10.2. The first-order valence-corrected chi connectivity index (χ1v) is 7.27. The molecule has 0 radical (unpaired) electrons. The molecule has 20 heavy (non-hydrogen) atoms. The van der Waals surface area contributed by atoms with Crippen LogP contribution in [0.4, 0.5) is 0 Å². The highest BCUT2D eigenvalue weighted by atomic mass is 35.5. The fourth-order valence-electron chi connectivity index (χ4n) is 1.86. The van der Waals surface area contributed by atoms with Crippen LogP contribution in [0.1, 0.15) is 18.4 Å². The second-order valence-corrected chi connectivity index (χ2v) is 5.66. The Morgan fingerprint density at radius 2 is 2.05 bits per heavy atom. The lowest BCUT2D eigenvalue weighted by molar-refractivity contribution is 0.471. The largest absolute Gasteiger partial charge is 0.455 e. The fraction of sp³-hybridized carbons (Fsp3) is 0.267. The molecule has 0 saturated heterocycles. The van der Waals surface area contributed by atoms with Crippen LogP contribution in [-0.2, 0) is 6.54 Å². The monoisotopic (exact) mass is 308 g/mol. The van der Waals surface area contributed by atoms with E-state index >= 15 is 0 Å². The van der Waals surface area contributed by atoms with Gasteiger partial charge in [0.2, 0.25) is 0 Å². The summed E-state index contributed by atoms with van der Waals surface area (Å²) in [6.07, 6.45) is 6.02. The minimum Gasteiger partial charge on any atom is -0.455 e. The molecule has 1 aromatic heterocycles. The molecule has 0 unspecified atom stereocenters. The van der Waals surface area contributed by atoms with E-state index < -0.39 is 0 Å². The highest BCUT2D eigenvalue weighted by molar-refractivity contribution is 6.35. The van der Waals surface area contributed by atoms with E-state index in [1.54, 1.807) is 24.4 Å². The quantitative estimate of drug-likeness (QED) is 0.887. The first kappa shape index (κ1) is 13.7. The van der Waals surface area contributed by atoms with E-state index in [0.717, 1.165) is 17.9 Å². The molecule has 1 saturated carbocycles. The zero-order valence-electron chi connectivity index (χ0n) is 10.8. The Hall–Kier alpha value is -1.29. The lowest BCUT2D eigenvalue weighted by Gasteiger charge is -2.12. The van der Waals surface area contributed by atoms with Gasteiger partial charge in [-0.25, -0.2) is 0 Å². The van der Waals surface area contributed by atoms with Crippen molar-refractivity contribution in [1.29, 1.82) is 0 Å². The molecular weight excluding hydrogens is 295 g/mol. The maximum Gasteiger partial charge on any atom is 0.146 e. The van der Waals surface area contributed by atoms with Crippen LogP contribution in [0.25, 0.3) is 0 Å². The molecule has 0 atom stereocenters. The number of rotatable bonds is 5. The van der Waals surface area contributed by atoms with Gasteiger partial charge in [0.15, 0.2) is 0 Å². The second-order valence-electron chi connectivity index (χ2n) is 4.82. The zero-order chi connectivity index (χ0) is 13.9. The molecule has 5 heteroatoms. The zero-order valence-corrected chi connectivity index (χ0v) is 12.3. The van der Waals surface area contributed by atoms with Crippen LogP contribution in [0.3, 0.4) is 0 Å². The van der Waals surface area contributed by atoms with Crippen molar-refractivity contribution in [2.24, 2.45) is 0 Å². The topological polar surface area (TPSA) is 34.1 Å². The van der Waals surface area contributed by atoms with Gasteiger partial charge in [0, 0.05) is 35.6 Å². The highest BCUT2D eigenvalue weighted by Gasteiger charge is 2.20. The number of pyridine rings is 1. The molecule has 1 fully saturated rings. The van der Waals surface area contributed by atoms with E-state index in [1.807, 2.05) is 12.3 Å². The van der Waals surface area contributed by atoms with Crippen molar-refractivity contribution < 1.29 is 4.74 Å². The number of nitrogens with one attached hydrogen (secondary N) is 1. The van der Waals surface area contributed by atoms with Crippen molar-refractivity contribution in [3.8, 4) is 11.5 Å². The van der Waals surface area contributed by atoms with Gasteiger partial charge >= 0.3 is 0 Å². The molecule has 1 heterocycles. The van der Waals surface area contributed by atoms with E-state index in [9.17, 15) is 0 Å². The standard InChI is InChI=1S/C15H14Cl2N2O/c16-11-1-4-15(13(17)7-11)20-14-5-6-18-8-10(14)9-19-12-2-3-12/h1,4-8,12,19H,2-3,9H2. The molecule has 0 aliphatic heterocycles. The Morgan fingerprint density at radius 1 is 1.20 bits per heavy atom. The van der Waals surface area contributed by atoms with Gasteiger partial charge in [-0.3, -0.25) is 4.98 Å². The Morgan fingerprint density at radius 3 is 2.80 bits per heavy atom. The van der Waals surface area contributed by atoms with Crippen molar-refractivity contribution in [3.63, 3.8) is 0 Å². The van der Waals surface area contributed by atoms with Gasteiger partial charge in [0.1, 0.15) is 11.5 Å². The van der Waals surface area contributed by atoms with E-state index in [1.165, 1.54) is 12.8 Å². The SMILES string of the molecule is Clc1ccc(Oc2ccncc2CNC2CC2)c(Cl)c1. The van der Waals surface area contributed by atoms with Gasteiger partial charge in [-0.05, 0) is 37.1 Å². The predicted octanol–water partition coefficient (Wildman–Crippen LogP) is 4.43. The average molecular weight is 309 g/mol. The van der Waals surface area contributed by atoms with Crippen LogP contribution in [0.2, 0.25) is 10.0 Å². The van der Waals surface area contributed by atoms with Crippen molar-refractivity contribution in [2.75, 3.05) is 0 Å². The molecular formula is C15H14Cl2N2O. The Kier molecular flexibility index (Phi) is 4.10. The third-order valence-electron chi connectivity index (χ3n) is 3.13. The van der Waals surface area contributed by atoms with Crippen molar-refractivity contribution in [3.05, 3.63) is 52.3 Å². The summed E-state index contributed by atoms with van der Waals surface area (Å²) in [6, 6.07) is 7.67. The first-order chi connectivity index (χ1) is 9.72. The molecule has 1 aliphatic carbocycles. The van der Waals surface area contributed by atoms with Gasteiger partial charge in [-0.1, -0.05) is 23.2 Å². The van der Waals surface area contributed by atoms with Gasteiger partial charge in [0.25, 0.3) is 0 Å². The van der Waals surface area contributed by atoms with Crippen LogP contribution in [-0.4, -0.2) is 11.0 Å². The molecule has 0 spiro atoms. The summed E-state index contributed by atoms with van der Waals surface area (Å²) in [5.74, 6) is 1.35. The third kappa shape index (κ3) is 3.42. The van der Waals surface area contributed by atoms with Crippen molar-refractivity contribution >= 4 is 23.2 Å². The van der Waals surface area contributed by atoms with Crippen LogP contribution < -0.4 is 10.1 Å². The summed E-state index contributed by atoms with van der Waals surface area (Å²) < 4.78 is 5.88. The maximum atomic E-state index is 6.13. The van der Waals surface area contributed by atoms with Gasteiger partial charge in [-0.15, -0.1) is 0 Å². The normalized spacial score (nSPS) is 14.3. The van der Waals surface area contributed by atoms with Crippen molar-refractivity contribution in [2.45, 2.75) is 25.4 Å². The Bertz CT molecular complexity index is 615. The van der Waals surface area contributed by atoms with E-state index in [2.05, 4.69) is 10.3 Å². The number of aromatic nitrogens is 1. The Balaban J connectivity index is 1.78. The van der Waals surface area contributed by atoms with Crippen LogP contribution >= 0.6 is 23.2 Å². The molecule has 2 aromatic rings. The molecule has 0 bridgehead atoms. The minimum absolute atomic E-state index is 0.496.